The first kappa shape index (κ1) is 21.4. The van der Waals surface area contributed by atoms with Gasteiger partial charge in [0.25, 0.3) is 0 Å². The van der Waals surface area contributed by atoms with Crippen LogP contribution in [0.2, 0.25) is 0 Å². The fourth-order valence-corrected chi connectivity index (χ4v) is 4.64. The Morgan fingerprint density at radius 2 is 2.07 bits per heavy atom. The predicted octanol–water partition coefficient (Wildman–Crippen LogP) is 4.15. The first-order valence-corrected chi connectivity index (χ1v) is 11.1. The third kappa shape index (κ3) is 6.36. The van der Waals surface area contributed by atoms with E-state index < -0.39 is 16.0 Å². The van der Waals surface area contributed by atoms with Crippen molar-refractivity contribution in [1.29, 1.82) is 0 Å². The molecule has 0 saturated heterocycles. The highest BCUT2D eigenvalue weighted by atomic mass is 32.2. The lowest BCUT2D eigenvalue weighted by Crippen LogP contribution is -2.32. The zero-order valence-corrected chi connectivity index (χ0v) is 16.9. The van der Waals surface area contributed by atoms with E-state index in [9.17, 15) is 18.3 Å². The van der Waals surface area contributed by atoms with Gasteiger partial charge in [0.15, 0.2) is 0 Å². The van der Waals surface area contributed by atoms with E-state index >= 15 is 0 Å². The number of allylic oxidation sites excluding steroid dienone is 1. The number of anilines is 1. The van der Waals surface area contributed by atoms with Crippen LogP contribution in [0.5, 0.6) is 0 Å². The molecule has 3 N–H and O–H groups in total. The number of hydrogen-bond donors (Lipinski definition) is 3. The summed E-state index contributed by atoms with van der Waals surface area (Å²) >= 11 is 0. The molecule has 1 aromatic carbocycles. The van der Waals surface area contributed by atoms with Crippen molar-refractivity contribution in [2.24, 2.45) is 0 Å². The standard InChI is InChI=1S/C20H30N2O4S/c1-3-7-15(2)22-27(25,26)17-10-11-19(18(14-17)20(23)24)21-13-12-16-8-5-4-6-9-16/h8,10-11,14-15,21-22H,3-7,9,12-13H2,1-2H3,(H,23,24)/t15-/m1/s1. The fraction of sp³-hybridized carbons (Fsp3) is 0.550. The Kier molecular flexibility index (Phi) is 7.86. The minimum atomic E-state index is -3.74. The molecule has 2 rings (SSSR count). The SMILES string of the molecule is CCC[C@@H](C)NS(=O)(=O)c1ccc(NCCC2=CCCCC2)c(C(=O)O)c1. The summed E-state index contributed by atoms with van der Waals surface area (Å²) in [4.78, 5) is 11.6. The van der Waals surface area contributed by atoms with E-state index in [0.717, 1.165) is 32.1 Å². The van der Waals surface area contributed by atoms with Gasteiger partial charge in [0.05, 0.1) is 10.5 Å². The number of aromatic carboxylic acids is 1. The molecule has 0 bridgehead atoms. The molecule has 0 unspecified atom stereocenters. The number of carbonyl (C=O) groups is 1. The van der Waals surface area contributed by atoms with Crippen LogP contribution in [0, 0.1) is 0 Å². The molecule has 0 amide bonds. The van der Waals surface area contributed by atoms with Gasteiger partial charge in [-0.2, -0.15) is 0 Å². The summed E-state index contributed by atoms with van der Waals surface area (Å²) in [6.45, 7) is 4.41. The van der Waals surface area contributed by atoms with Crippen molar-refractivity contribution in [3.05, 3.63) is 35.4 Å². The zero-order valence-electron chi connectivity index (χ0n) is 16.1. The molecule has 0 aliphatic heterocycles. The molecular formula is C20H30N2O4S. The number of benzene rings is 1. The summed E-state index contributed by atoms with van der Waals surface area (Å²) in [7, 11) is -3.74. The van der Waals surface area contributed by atoms with Gasteiger partial charge in [-0.05, 0) is 63.6 Å². The van der Waals surface area contributed by atoms with Crippen molar-refractivity contribution >= 4 is 21.7 Å². The molecule has 6 nitrogen and oxygen atoms in total. The average Bonchev–Trinajstić information content (AvgIpc) is 2.62. The number of rotatable bonds is 10. The lowest BCUT2D eigenvalue weighted by Gasteiger charge is -2.16. The van der Waals surface area contributed by atoms with E-state index in [1.165, 1.54) is 36.6 Å². The van der Waals surface area contributed by atoms with Crippen LogP contribution in [0.15, 0.2) is 34.7 Å². The molecule has 1 aliphatic carbocycles. The maximum Gasteiger partial charge on any atom is 0.337 e. The van der Waals surface area contributed by atoms with Crippen LogP contribution in [-0.2, 0) is 10.0 Å². The Labute approximate surface area is 162 Å². The minimum Gasteiger partial charge on any atom is -0.478 e. The van der Waals surface area contributed by atoms with Crippen LogP contribution >= 0.6 is 0 Å². The van der Waals surface area contributed by atoms with Gasteiger partial charge in [0.2, 0.25) is 10.0 Å². The highest BCUT2D eigenvalue weighted by Gasteiger charge is 2.20. The Morgan fingerprint density at radius 1 is 1.30 bits per heavy atom. The first-order valence-electron chi connectivity index (χ1n) is 9.65. The quantitative estimate of drug-likeness (QED) is 0.518. The van der Waals surface area contributed by atoms with E-state index in [4.69, 9.17) is 0 Å². The summed E-state index contributed by atoms with van der Waals surface area (Å²) < 4.78 is 27.6. The largest absolute Gasteiger partial charge is 0.478 e. The normalized spacial score (nSPS) is 15.9. The Bertz CT molecular complexity index is 787. The van der Waals surface area contributed by atoms with Gasteiger partial charge in [-0.25, -0.2) is 17.9 Å². The van der Waals surface area contributed by atoms with Crippen LogP contribution in [0.3, 0.4) is 0 Å². The van der Waals surface area contributed by atoms with Crippen molar-refractivity contribution in [3.63, 3.8) is 0 Å². The van der Waals surface area contributed by atoms with Gasteiger partial charge in [0.1, 0.15) is 0 Å². The lowest BCUT2D eigenvalue weighted by atomic mass is 9.97. The monoisotopic (exact) mass is 394 g/mol. The average molecular weight is 395 g/mol. The van der Waals surface area contributed by atoms with E-state index in [2.05, 4.69) is 16.1 Å². The molecule has 0 spiro atoms. The molecule has 1 aliphatic rings. The first-order chi connectivity index (χ1) is 12.8. The lowest BCUT2D eigenvalue weighted by molar-refractivity contribution is 0.0697. The third-order valence-electron chi connectivity index (χ3n) is 4.76. The van der Waals surface area contributed by atoms with E-state index in [0.29, 0.717) is 12.2 Å². The number of carboxylic acids is 1. The Balaban J connectivity index is 2.11. The maximum absolute atomic E-state index is 12.5. The van der Waals surface area contributed by atoms with Crippen molar-refractivity contribution in [3.8, 4) is 0 Å². The van der Waals surface area contributed by atoms with Gasteiger partial charge in [-0.3, -0.25) is 0 Å². The van der Waals surface area contributed by atoms with Crippen LogP contribution in [-0.4, -0.2) is 32.1 Å². The van der Waals surface area contributed by atoms with Gasteiger partial charge in [0, 0.05) is 18.3 Å². The van der Waals surface area contributed by atoms with Crippen molar-refractivity contribution in [2.75, 3.05) is 11.9 Å². The molecule has 0 aromatic heterocycles. The van der Waals surface area contributed by atoms with Crippen molar-refractivity contribution < 1.29 is 18.3 Å². The van der Waals surface area contributed by atoms with Gasteiger partial charge in [-0.1, -0.05) is 25.0 Å². The number of hydrogen-bond acceptors (Lipinski definition) is 4. The molecular weight excluding hydrogens is 364 g/mol. The number of nitrogens with one attached hydrogen (secondary N) is 2. The highest BCUT2D eigenvalue weighted by Crippen LogP contribution is 2.23. The molecule has 27 heavy (non-hydrogen) atoms. The molecule has 150 valence electrons. The summed E-state index contributed by atoms with van der Waals surface area (Å²) in [5.74, 6) is -1.15. The second-order valence-electron chi connectivity index (χ2n) is 7.11. The van der Waals surface area contributed by atoms with Crippen LogP contribution in [0.1, 0.15) is 69.2 Å². The van der Waals surface area contributed by atoms with Gasteiger partial charge >= 0.3 is 5.97 Å². The van der Waals surface area contributed by atoms with E-state index in [1.54, 1.807) is 6.92 Å². The van der Waals surface area contributed by atoms with E-state index in [1.807, 2.05) is 6.92 Å². The van der Waals surface area contributed by atoms with E-state index in [-0.39, 0.29) is 16.5 Å². The molecule has 0 radical (unpaired) electrons. The second kappa shape index (κ2) is 9.90. The van der Waals surface area contributed by atoms with Gasteiger partial charge < -0.3 is 10.4 Å². The number of sulfonamides is 1. The summed E-state index contributed by atoms with van der Waals surface area (Å²) in [5.41, 5.74) is 1.82. The minimum absolute atomic E-state index is 0.0246. The third-order valence-corrected chi connectivity index (χ3v) is 6.34. The number of carboxylic acid groups (broad SMARTS) is 1. The maximum atomic E-state index is 12.5. The summed E-state index contributed by atoms with van der Waals surface area (Å²) in [6, 6.07) is 4.02. The van der Waals surface area contributed by atoms with Crippen molar-refractivity contribution in [2.45, 2.75) is 69.7 Å². The second-order valence-corrected chi connectivity index (χ2v) is 8.82. The van der Waals surface area contributed by atoms with Crippen molar-refractivity contribution in [1.82, 2.24) is 4.72 Å². The predicted molar refractivity (Wildman–Crippen MR) is 108 cm³/mol. The molecule has 1 atom stereocenters. The molecule has 7 heteroatoms. The summed E-state index contributed by atoms with van der Waals surface area (Å²) in [5, 5.41) is 12.6. The Morgan fingerprint density at radius 3 is 2.70 bits per heavy atom. The molecule has 1 aromatic rings. The van der Waals surface area contributed by atoms with Crippen LogP contribution < -0.4 is 10.0 Å². The molecule has 0 heterocycles. The fourth-order valence-electron chi connectivity index (χ4n) is 3.34. The molecule has 0 saturated carbocycles. The summed E-state index contributed by atoms with van der Waals surface area (Å²) in [6.07, 6.45) is 9.39. The highest BCUT2D eigenvalue weighted by molar-refractivity contribution is 7.89. The molecule has 0 fully saturated rings. The smallest absolute Gasteiger partial charge is 0.337 e. The van der Waals surface area contributed by atoms with Crippen LogP contribution in [0.25, 0.3) is 0 Å². The van der Waals surface area contributed by atoms with Gasteiger partial charge in [-0.15, -0.1) is 0 Å². The van der Waals surface area contributed by atoms with Crippen LogP contribution in [0.4, 0.5) is 5.69 Å². The Hall–Kier alpha value is -1.86. The zero-order chi connectivity index (χ0) is 19.9. The topological polar surface area (TPSA) is 95.5 Å².